The second-order valence-electron chi connectivity index (χ2n) is 5.99. The lowest BCUT2D eigenvalue weighted by Crippen LogP contribution is -2.50. The molecule has 1 saturated carbocycles. The fourth-order valence-corrected chi connectivity index (χ4v) is 3.02. The molecule has 1 aromatic carbocycles. The van der Waals surface area contributed by atoms with Gasteiger partial charge >= 0.3 is 5.97 Å². The Kier molecular flexibility index (Phi) is 3.76. The Labute approximate surface area is 124 Å². The third-order valence-electron chi connectivity index (χ3n) is 4.55. The molecule has 5 heteroatoms. The Morgan fingerprint density at radius 2 is 2.10 bits per heavy atom. The van der Waals surface area contributed by atoms with Crippen molar-refractivity contribution >= 4 is 11.7 Å². The molecule has 2 fully saturated rings. The van der Waals surface area contributed by atoms with Gasteiger partial charge in [0.25, 0.3) is 0 Å². The summed E-state index contributed by atoms with van der Waals surface area (Å²) in [5.74, 6) is 0.174. The van der Waals surface area contributed by atoms with Crippen LogP contribution in [-0.4, -0.2) is 42.9 Å². The molecular formula is C16H22N2O3. The zero-order chi connectivity index (χ0) is 14.9. The molecule has 5 nitrogen and oxygen atoms in total. The van der Waals surface area contributed by atoms with Gasteiger partial charge in [-0.25, -0.2) is 0 Å². The molecule has 1 aliphatic heterocycles. The monoisotopic (exact) mass is 290 g/mol. The first-order valence-corrected chi connectivity index (χ1v) is 7.53. The summed E-state index contributed by atoms with van der Waals surface area (Å²) in [6.45, 7) is 1.89. The standard InChI is InChI=1S/C16H22N2O3/c1-21-14-4-2-3-13(11-14)18-9-5-12(6-10-18)17-16(7-8-16)15(19)20/h2-4,11-12,17H,5-10H2,1H3,(H,19,20). The van der Waals surface area contributed by atoms with Crippen molar-refractivity contribution in [2.75, 3.05) is 25.1 Å². The van der Waals surface area contributed by atoms with Crippen molar-refractivity contribution in [1.29, 1.82) is 0 Å². The molecule has 3 rings (SSSR count). The molecule has 1 aliphatic carbocycles. The van der Waals surface area contributed by atoms with Crippen LogP contribution in [0.15, 0.2) is 24.3 Å². The van der Waals surface area contributed by atoms with Gasteiger partial charge in [-0.15, -0.1) is 0 Å². The van der Waals surface area contributed by atoms with Gasteiger partial charge in [0, 0.05) is 30.9 Å². The van der Waals surface area contributed by atoms with E-state index in [0.717, 1.165) is 44.5 Å². The highest BCUT2D eigenvalue weighted by molar-refractivity contribution is 5.82. The van der Waals surface area contributed by atoms with E-state index in [2.05, 4.69) is 16.3 Å². The maximum atomic E-state index is 11.2. The Balaban J connectivity index is 1.56. The van der Waals surface area contributed by atoms with E-state index in [1.807, 2.05) is 18.2 Å². The Hall–Kier alpha value is -1.75. The number of hydrogen-bond acceptors (Lipinski definition) is 4. The second-order valence-corrected chi connectivity index (χ2v) is 5.99. The van der Waals surface area contributed by atoms with E-state index in [1.54, 1.807) is 7.11 Å². The smallest absolute Gasteiger partial charge is 0.323 e. The number of methoxy groups -OCH3 is 1. The minimum atomic E-state index is -0.697. The van der Waals surface area contributed by atoms with Gasteiger partial charge in [0.05, 0.1) is 7.11 Å². The molecule has 114 valence electrons. The number of benzene rings is 1. The summed E-state index contributed by atoms with van der Waals surface area (Å²) in [7, 11) is 1.68. The maximum Gasteiger partial charge on any atom is 0.323 e. The molecule has 0 aromatic heterocycles. The average Bonchev–Trinajstić information content (AvgIpc) is 3.29. The summed E-state index contributed by atoms with van der Waals surface area (Å²) >= 11 is 0. The number of rotatable bonds is 5. The third kappa shape index (κ3) is 2.97. The summed E-state index contributed by atoms with van der Waals surface area (Å²) in [6, 6.07) is 8.40. The molecule has 21 heavy (non-hydrogen) atoms. The van der Waals surface area contributed by atoms with E-state index in [-0.39, 0.29) is 0 Å². The molecule has 0 spiro atoms. The van der Waals surface area contributed by atoms with E-state index < -0.39 is 11.5 Å². The van der Waals surface area contributed by atoms with Crippen molar-refractivity contribution < 1.29 is 14.6 Å². The molecule has 0 amide bonds. The number of nitrogens with zero attached hydrogens (tertiary/aromatic N) is 1. The van der Waals surface area contributed by atoms with Crippen molar-refractivity contribution in [1.82, 2.24) is 5.32 Å². The summed E-state index contributed by atoms with van der Waals surface area (Å²) in [5, 5.41) is 12.6. The van der Waals surface area contributed by atoms with E-state index >= 15 is 0 Å². The number of carbonyl (C=O) groups is 1. The second kappa shape index (κ2) is 5.56. The van der Waals surface area contributed by atoms with E-state index in [9.17, 15) is 9.90 Å². The van der Waals surface area contributed by atoms with E-state index in [0.29, 0.717) is 6.04 Å². The number of aliphatic carboxylic acids is 1. The number of carboxylic acid groups (broad SMARTS) is 1. The van der Waals surface area contributed by atoms with Crippen molar-refractivity contribution in [3.63, 3.8) is 0 Å². The van der Waals surface area contributed by atoms with Crippen molar-refractivity contribution in [3.8, 4) is 5.75 Å². The minimum absolute atomic E-state index is 0.311. The first-order chi connectivity index (χ1) is 10.1. The predicted molar refractivity (Wildman–Crippen MR) is 81.0 cm³/mol. The Morgan fingerprint density at radius 3 is 2.67 bits per heavy atom. The molecule has 0 radical (unpaired) electrons. The molecular weight excluding hydrogens is 268 g/mol. The van der Waals surface area contributed by atoms with Crippen molar-refractivity contribution in [2.45, 2.75) is 37.3 Å². The van der Waals surface area contributed by atoms with Crippen molar-refractivity contribution in [2.24, 2.45) is 0 Å². The highest BCUT2D eigenvalue weighted by Gasteiger charge is 2.51. The van der Waals surface area contributed by atoms with Crippen LogP contribution < -0.4 is 15.0 Å². The van der Waals surface area contributed by atoms with Gasteiger partial charge in [0.1, 0.15) is 11.3 Å². The Bertz CT molecular complexity index is 520. The SMILES string of the molecule is COc1cccc(N2CCC(NC3(C(=O)O)CC3)CC2)c1. The quantitative estimate of drug-likeness (QED) is 0.867. The van der Waals surface area contributed by atoms with Gasteiger partial charge in [-0.1, -0.05) is 6.07 Å². The highest BCUT2D eigenvalue weighted by atomic mass is 16.5. The fourth-order valence-electron chi connectivity index (χ4n) is 3.02. The summed E-state index contributed by atoms with van der Waals surface area (Å²) in [4.78, 5) is 13.6. The lowest BCUT2D eigenvalue weighted by atomic mass is 10.0. The lowest BCUT2D eigenvalue weighted by Gasteiger charge is -2.35. The van der Waals surface area contributed by atoms with Crippen LogP contribution in [0.1, 0.15) is 25.7 Å². The van der Waals surface area contributed by atoms with Gasteiger partial charge < -0.3 is 14.7 Å². The van der Waals surface area contributed by atoms with Crippen LogP contribution in [0.25, 0.3) is 0 Å². The van der Waals surface area contributed by atoms with Gasteiger partial charge in [-0.05, 0) is 37.8 Å². The van der Waals surface area contributed by atoms with Crippen LogP contribution >= 0.6 is 0 Å². The zero-order valence-corrected chi connectivity index (χ0v) is 12.3. The van der Waals surface area contributed by atoms with Gasteiger partial charge in [-0.2, -0.15) is 0 Å². The van der Waals surface area contributed by atoms with Crippen LogP contribution in [0, 0.1) is 0 Å². The van der Waals surface area contributed by atoms with Crippen LogP contribution in [0.3, 0.4) is 0 Å². The lowest BCUT2D eigenvalue weighted by molar-refractivity contribution is -0.141. The predicted octanol–water partition coefficient (Wildman–Crippen LogP) is 1.87. The van der Waals surface area contributed by atoms with Crippen molar-refractivity contribution in [3.05, 3.63) is 24.3 Å². The molecule has 1 aromatic rings. The summed E-state index contributed by atoms with van der Waals surface area (Å²) in [5.41, 5.74) is 0.551. The molecule has 2 aliphatic rings. The van der Waals surface area contributed by atoms with Crippen LogP contribution in [0.5, 0.6) is 5.75 Å². The number of carboxylic acids is 1. The van der Waals surface area contributed by atoms with Crippen LogP contribution in [0.4, 0.5) is 5.69 Å². The number of ether oxygens (including phenoxy) is 1. The van der Waals surface area contributed by atoms with E-state index in [1.165, 1.54) is 5.69 Å². The summed E-state index contributed by atoms with van der Waals surface area (Å²) < 4.78 is 5.26. The highest BCUT2D eigenvalue weighted by Crippen LogP contribution is 2.37. The van der Waals surface area contributed by atoms with E-state index in [4.69, 9.17) is 4.74 Å². The minimum Gasteiger partial charge on any atom is -0.497 e. The van der Waals surface area contributed by atoms with Crippen LogP contribution in [0.2, 0.25) is 0 Å². The molecule has 0 unspecified atom stereocenters. The van der Waals surface area contributed by atoms with Gasteiger partial charge in [0.15, 0.2) is 0 Å². The number of nitrogens with one attached hydrogen (secondary N) is 1. The average molecular weight is 290 g/mol. The molecule has 1 saturated heterocycles. The number of piperidine rings is 1. The fraction of sp³-hybridized carbons (Fsp3) is 0.562. The first-order valence-electron chi connectivity index (χ1n) is 7.53. The molecule has 0 atom stereocenters. The van der Waals surface area contributed by atoms with Crippen LogP contribution in [-0.2, 0) is 4.79 Å². The topological polar surface area (TPSA) is 61.8 Å². The largest absolute Gasteiger partial charge is 0.497 e. The molecule has 1 heterocycles. The zero-order valence-electron chi connectivity index (χ0n) is 12.3. The van der Waals surface area contributed by atoms with Gasteiger partial charge in [0.2, 0.25) is 0 Å². The van der Waals surface area contributed by atoms with Gasteiger partial charge in [-0.3, -0.25) is 10.1 Å². The third-order valence-corrected chi connectivity index (χ3v) is 4.55. The Morgan fingerprint density at radius 1 is 1.38 bits per heavy atom. The normalized spacial score (nSPS) is 21.1. The molecule has 0 bridgehead atoms. The summed E-state index contributed by atoms with van der Waals surface area (Å²) in [6.07, 6.45) is 3.48. The molecule has 2 N–H and O–H groups in total. The number of anilines is 1. The number of hydrogen-bond donors (Lipinski definition) is 2. The maximum absolute atomic E-state index is 11.2. The first kappa shape index (κ1) is 14.2.